The number of nitrogens with one attached hydrogen (secondary N) is 1. The van der Waals surface area contributed by atoms with Gasteiger partial charge in [-0.2, -0.15) is 0 Å². The maximum absolute atomic E-state index is 5.52. The zero-order valence-corrected chi connectivity index (χ0v) is 4.72. The first-order valence-electron chi connectivity index (χ1n) is 2.65. The van der Waals surface area contributed by atoms with Crippen LogP contribution < -0.4 is 11.1 Å². The average Bonchev–Trinajstić information content (AvgIpc) is 1.77. The lowest BCUT2D eigenvalue weighted by molar-refractivity contribution is 0.626. The minimum atomic E-state index is -0.0278. The lowest BCUT2D eigenvalue weighted by Gasteiger charge is -2.16. The molecule has 0 radical (unpaired) electrons. The number of hydrogen-bond donors (Lipinski definition) is 2. The van der Waals surface area contributed by atoms with Crippen LogP contribution in [0.25, 0.3) is 0 Å². The van der Waals surface area contributed by atoms with E-state index in [1.165, 1.54) is 0 Å². The first-order chi connectivity index (χ1) is 3.80. The fraction of sp³-hybridized carbons (Fsp3) is 0.333. The molecule has 2 heteroatoms. The Balaban J connectivity index is 2.60. The Kier molecular flexibility index (Phi) is 1.46. The highest BCUT2D eigenvalue weighted by molar-refractivity contribution is 5.23. The van der Waals surface area contributed by atoms with Crippen molar-refractivity contribution in [3.63, 3.8) is 0 Å². The fourth-order valence-electron chi connectivity index (χ4n) is 0.640. The van der Waals surface area contributed by atoms with Crippen molar-refractivity contribution in [1.29, 1.82) is 0 Å². The molecule has 8 heavy (non-hydrogen) atoms. The molecule has 2 nitrogen and oxygen atoms in total. The van der Waals surface area contributed by atoms with Gasteiger partial charge in [0.05, 0.1) is 6.17 Å². The molecule has 1 atom stereocenters. The number of hydrogen-bond acceptors (Lipinski definition) is 2. The van der Waals surface area contributed by atoms with Gasteiger partial charge in [0.1, 0.15) is 0 Å². The van der Waals surface area contributed by atoms with Gasteiger partial charge in [-0.3, -0.25) is 5.32 Å². The first-order valence-corrected chi connectivity index (χ1v) is 2.65. The van der Waals surface area contributed by atoms with Gasteiger partial charge in [0, 0.05) is 6.54 Å². The van der Waals surface area contributed by atoms with Crippen LogP contribution in [0.4, 0.5) is 0 Å². The summed E-state index contributed by atoms with van der Waals surface area (Å²) in [6.45, 7) is 4.58. The van der Waals surface area contributed by atoms with Crippen LogP contribution in [0.2, 0.25) is 0 Å². The molecule has 1 aliphatic rings. The van der Waals surface area contributed by atoms with E-state index in [0.717, 1.165) is 12.1 Å². The Morgan fingerprint density at radius 2 is 2.62 bits per heavy atom. The first kappa shape index (κ1) is 5.54. The Morgan fingerprint density at radius 1 is 1.88 bits per heavy atom. The van der Waals surface area contributed by atoms with Gasteiger partial charge in [0.2, 0.25) is 0 Å². The van der Waals surface area contributed by atoms with Gasteiger partial charge in [-0.05, 0) is 5.57 Å². The zero-order valence-electron chi connectivity index (χ0n) is 4.72. The van der Waals surface area contributed by atoms with Crippen LogP contribution in [0, 0.1) is 0 Å². The van der Waals surface area contributed by atoms with E-state index < -0.39 is 0 Å². The summed E-state index contributed by atoms with van der Waals surface area (Å²) in [5.41, 5.74) is 6.47. The van der Waals surface area contributed by atoms with E-state index in [-0.39, 0.29) is 6.17 Å². The van der Waals surface area contributed by atoms with Crippen LogP contribution in [0.5, 0.6) is 0 Å². The van der Waals surface area contributed by atoms with Crippen molar-refractivity contribution < 1.29 is 0 Å². The summed E-state index contributed by atoms with van der Waals surface area (Å²) >= 11 is 0. The molecule has 1 unspecified atom stereocenters. The minimum absolute atomic E-state index is 0.0278. The third-order valence-corrected chi connectivity index (χ3v) is 1.19. The molecule has 1 heterocycles. The van der Waals surface area contributed by atoms with Crippen molar-refractivity contribution in [2.75, 3.05) is 6.54 Å². The Hall–Kier alpha value is -0.600. The van der Waals surface area contributed by atoms with Gasteiger partial charge in [-0.1, -0.05) is 18.7 Å². The van der Waals surface area contributed by atoms with Crippen molar-refractivity contribution in [3.8, 4) is 0 Å². The summed E-state index contributed by atoms with van der Waals surface area (Å²) < 4.78 is 0. The molecule has 0 bridgehead atoms. The molecule has 0 aromatic heterocycles. The Labute approximate surface area is 49.1 Å². The molecule has 0 spiro atoms. The quantitative estimate of drug-likeness (QED) is 0.460. The third-order valence-electron chi connectivity index (χ3n) is 1.19. The van der Waals surface area contributed by atoms with Crippen molar-refractivity contribution in [2.45, 2.75) is 6.17 Å². The molecule has 0 aliphatic carbocycles. The molecule has 0 amide bonds. The molecule has 1 aliphatic heterocycles. The van der Waals surface area contributed by atoms with E-state index in [1.54, 1.807) is 0 Å². The molecule has 0 saturated carbocycles. The summed E-state index contributed by atoms with van der Waals surface area (Å²) in [5.74, 6) is 0. The van der Waals surface area contributed by atoms with Crippen LogP contribution in [-0.2, 0) is 0 Å². The highest BCUT2D eigenvalue weighted by Gasteiger charge is 2.04. The van der Waals surface area contributed by atoms with Gasteiger partial charge in [-0.25, -0.2) is 0 Å². The standard InChI is InChI=1S/C6H10N2/c1-5-3-2-4-8-6(5)7/h2-3,6,8H,1,4,7H2. The predicted molar refractivity (Wildman–Crippen MR) is 34.3 cm³/mol. The van der Waals surface area contributed by atoms with Crippen LogP contribution in [-0.4, -0.2) is 12.7 Å². The highest BCUT2D eigenvalue weighted by Crippen LogP contribution is 1.98. The van der Waals surface area contributed by atoms with E-state index in [4.69, 9.17) is 5.73 Å². The Morgan fingerprint density at radius 3 is 3.00 bits per heavy atom. The van der Waals surface area contributed by atoms with E-state index in [1.807, 2.05) is 12.2 Å². The van der Waals surface area contributed by atoms with E-state index >= 15 is 0 Å². The van der Waals surface area contributed by atoms with E-state index in [0.29, 0.717) is 0 Å². The number of nitrogens with two attached hydrogens (primary N) is 1. The molecular weight excluding hydrogens is 100 g/mol. The third kappa shape index (κ3) is 0.967. The van der Waals surface area contributed by atoms with Crippen molar-refractivity contribution in [1.82, 2.24) is 5.32 Å². The highest BCUT2D eigenvalue weighted by atomic mass is 15.0. The van der Waals surface area contributed by atoms with Crippen molar-refractivity contribution in [3.05, 3.63) is 24.3 Å². The van der Waals surface area contributed by atoms with Gasteiger partial charge >= 0.3 is 0 Å². The summed E-state index contributed by atoms with van der Waals surface area (Å²) in [4.78, 5) is 0. The average molecular weight is 110 g/mol. The van der Waals surface area contributed by atoms with Crippen molar-refractivity contribution >= 4 is 0 Å². The maximum Gasteiger partial charge on any atom is 0.0806 e. The summed E-state index contributed by atoms with van der Waals surface area (Å²) in [6, 6.07) is 0. The minimum Gasteiger partial charge on any atom is -0.312 e. The zero-order chi connectivity index (χ0) is 5.98. The van der Waals surface area contributed by atoms with Gasteiger partial charge < -0.3 is 5.73 Å². The second kappa shape index (κ2) is 2.11. The molecule has 44 valence electrons. The molecule has 0 aromatic rings. The lowest BCUT2D eigenvalue weighted by atomic mass is 10.2. The van der Waals surface area contributed by atoms with Crippen LogP contribution in [0.3, 0.4) is 0 Å². The molecule has 0 fully saturated rings. The monoisotopic (exact) mass is 110 g/mol. The van der Waals surface area contributed by atoms with Crippen LogP contribution in [0.15, 0.2) is 24.3 Å². The normalized spacial score (nSPS) is 28.6. The summed E-state index contributed by atoms with van der Waals surface area (Å²) in [5, 5.41) is 3.02. The Bertz CT molecular complexity index is 126. The largest absolute Gasteiger partial charge is 0.312 e. The molecule has 0 aromatic carbocycles. The molecule has 1 rings (SSSR count). The predicted octanol–water partition coefficient (Wildman–Crippen LogP) is -0.0132. The van der Waals surface area contributed by atoms with Crippen LogP contribution in [0.1, 0.15) is 0 Å². The fourth-order valence-corrected chi connectivity index (χ4v) is 0.640. The SMILES string of the molecule is C=C1C=CCNC1N. The van der Waals surface area contributed by atoms with Gasteiger partial charge in [0.15, 0.2) is 0 Å². The second-order valence-electron chi connectivity index (χ2n) is 1.86. The second-order valence-corrected chi connectivity index (χ2v) is 1.86. The summed E-state index contributed by atoms with van der Waals surface area (Å²) in [6.07, 6.45) is 3.92. The molecule has 0 saturated heterocycles. The molecular formula is C6H10N2. The van der Waals surface area contributed by atoms with Gasteiger partial charge in [-0.15, -0.1) is 0 Å². The maximum atomic E-state index is 5.52. The van der Waals surface area contributed by atoms with Crippen molar-refractivity contribution in [2.24, 2.45) is 5.73 Å². The van der Waals surface area contributed by atoms with E-state index in [9.17, 15) is 0 Å². The smallest absolute Gasteiger partial charge is 0.0806 e. The molecule has 3 N–H and O–H groups in total. The van der Waals surface area contributed by atoms with Crippen LogP contribution >= 0.6 is 0 Å². The van der Waals surface area contributed by atoms with E-state index in [2.05, 4.69) is 11.9 Å². The van der Waals surface area contributed by atoms with Gasteiger partial charge in [0.25, 0.3) is 0 Å². The lowest BCUT2D eigenvalue weighted by Crippen LogP contribution is -2.40. The topological polar surface area (TPSA) is 38.0 Å². The summed E-state index contributed by atoms with van der Waals surface area (Å²) in [7, 11) is 0. The number of rotatable bonds is 0.